The lowest BCUT2D eigenvalue weighted by molar-refractivity contribution is 1.09. The van der Waals surface area contributed by atoms with Crippen molar-refractivity contribution in [3.63, 3.8) is 0 Å². The van der Waals surface area contributed by atoms with Gasteiger partial charge >= 0.3 is 0 Å². The van der Waals surface area contributed by atoms with Gasteiger partial charge in [-0.1, -0.05) is 54.6 Å². The molecule has 0 N–H and O–H groups in total. The number of nitrogens with zero attached hydrogens (tertiary/aromatic N) is 3. The summed E-state index contributed by atoms with van der Waals surface area (Å²) in [7, 11) is 0. The summed E-state index contributed by atoms with van der Waals surface area (Å²) in [6.45, 7) is 0. The number of benzene rings is 3. The van der Waals surface area contributed by atoms with Crippen LogP contribution in [-0.4, -0.2) is 14.5 Å². The van der Waals surface area contributed by atoms with Crippen molar-refractivity contribution in [2.24, 2.45) is 0 Å². The minimum Gasteiger partial charge on any atom is -0.309 e. The van der Waals surface area contributed by atoms with Crippen molar-refractivity contribution in [1.29, 1.82) is 0 Å². The summed E-state index contributed by atoms with van der Waals surface area (Å²) in [6.07, 6.45) is 0. The third-order valence-corrected chi connectivity index (χ3v) is 5.41. The first-order valence-electron chi connectivity index (χ1n) is 8.50. The van der Waals surface area contributed by atoms with Crippen LogP contribution in [0.3, 0.4) is 0 Å². The summed E-state index contributed by atoms with van der Waals surface area (Å²) >= 11 is 6.90. The molecule has 130 valence electrons. The summed E-state index contributed by atoms with van der Waals surface area (Å²) in [5.41, 5.74) is 5.38. The molecule has 0 aliphatic rings. The smallest absolute Gasteiger partial charge is 0.198 e. The molecule has 5 heteroatoms. The van der Waals surface area contributed by atoms with Gasteiger partial charge in [-0.2, -0.15) is 0 Å². The molecule has 0 unspecified atom stereocenters. The summed E-state index contributed by atoms with van der Waals surface area (Å²) in [6, 6.07) is 27.3. The number of halogens is 2. The van der Waals surface area contributed by atoms with Gasteiger partial charge in [-0.25, -0.2) is 9.97 Å². The molecule has 0 bridgehead atoms. The van der Waals surface area contributed by atoms with Crippen LogP contribution in [0.15, 0.2) is 88.2 Å². The molecule has 0 aliphatic heterocycles. The van der Waals surface area contributed by atoms with Crippen LogP contribution >= 0.6 is 31.9 Å². The Morgan fingerprint density at radius 2 is 1.44 bits per heavy atom. The Morgan fingerprint density at radius 3 is 2.26 bits per heavy atom. The first kappa shape index (κ1) is 16.7. The van der Waals surface area contributed by atoms with Crippen molar-refractivity contribution in [2.45, 2.75) is 0 Å². The van der Waals surface area contributed by atoms with E-state index in [1.165, 1.54) is 16.3 Å². The number of para-hydroxylation sites is 3. The molecule has 2 heterocycles. The molecule has 3 nitrogen and oxygen atoms in total. The molecular weight excluding hydrogens is 466 g/mol. The third-order valence-electron chi connectivity index (χ3n) is 4.65. The molecular formula is C22H13Br2N3. The van der Waals surface area contributed by atoms with Crippen molar-refractivity contribution in [3.8, 4) is 16.9 Å². The maximum atomic E-state index is 4.62. The van der Waals surface area contributed by atoms with E-state index in [1.54, 1.807) is 0 Å². The van der Waals surface area contributed by atoms with E-state index in [0.29, 0.717) is 4.73 Å². The molecule has 5 rings (SSSR count). The fourth-order valence-corrected chi connectivity index (χ4v) is 4.60. The number of rotatable bonds is 2. The maximum Gasteiger partial charge on any atom is 0.198 e. The van der Waals surface area contributed by atoms with Crippen molar-refractivity contribution in [3.05, 3.63) is 88.2 Å². The highest BCUT2D eigenvalue weighted by molar-refractivity contribution is 9.11. The van der Waals surface area contributed by atoms with Gasteiger partial charge in [0.1, 0.15) is 4.60 Å². The van der Waals surface area contributed by atoms with Crippen LogP contribution < -0.4 is 0 Å². The van der Waals surface area contributed by atoms with E-state index in [9.17, 15) is 0 Å². The molecule has 0 spiro atoms. The lowest BCUT2D eigenvalue weighted by Gasteiger charge is -2.11. The summed E-state index contributed by atoms with van der Waals surface area (Å²) in [4.78, 5) is 8.90. The van der Waals surface area contributed by atoms with Gasteiger partial charge in [-0.3, -0.25) is 0 Å². The van der Waals surface area contributed by atoms with Crippen LogP contribution in [-0.2, 0) is 0 Å². The minimum atomic E-state index is 0.561. The van der Waals surface area contributed by atoms with Crippen LogP contribution in [0.5, 0.6) is 0 Å². The Hall–Kier alpha value is -2.50. The molecule has 0 saturated heterocycles. The zero-order valence-electron chi connectivity index (χ0n) is 14.1. The molecule has 27 heavy (non-hydrogen) atoms. The second kappa shape index (κ2) is 6.59. The maximum absolute atomic E-state index is 4.62. The van der Waals surface area contributed by atoms with Gasteiger partial charge in [0.05, 0.1) is 16.7 Å². The van der Waals surface area contributed by atoms with E-state index in [-0.39, 0.29) is 0 Å². The molecule has 0 atom stereocenters. The van der Waals surface area contributed by atoms with Crippen LogP contribution in [0.2, 0.25) is 0 Å². The minimum absolute atomic E-state index is 0.561. The number of aromatic nitrogens is 3. The lowest BCUT2D eigenvalue weighted by Crippen LogP contribution is -1.96. The number of hydrogen-bond acceptors (Lipinski definition) is 2. The lowest BCUT2D eigenvalue weighted by atomic mass is 10.1. The second-order valence-electron chi connectivity index (χ2n) is 6.23. The van der Waals surface area contributed by atoms with E-state index >= 15 is 0 Å². The van der Waals surface area contributed by atoms with Crippen LogP contribution in [0.4, 0.5) is 0 Å². The fraction of sp³-hybridized carbons (Fsp3) is 0. The third kappa shape index (κ3) is 2.78. The van der Waals surface area contributed by atoms with Crippen LogP contribution in [0.1, 0.15) is 0 Å². The molecule has 3 aromatic carbocycles. The topological polar surface area (TPSA) is 30.7 Å². The van der Waals surface area contributed by atoms with E-state index in [4.69, 9.17) is 0 Å². The van der Waals surface area contributed by atoms with Gasteiger partial charge in [0.2, 0.25) is 0 Å². The van der Waals surface area contributed by atoms with Crippen molar-refractivity contribution in [1.82, 2.24) is 14.5 Å². The highest BCUT2D eigenvalue weighted by Gasteiger charge is 2.17. The summed E-state index contributed by atoms with van der Waals surface area (Å²) in [5.74, 6) is 0. The monoisotopic (exact) mass is 477 g/mol. The van der Waals surface area contributed by atoms with E-state index < -0.39 is 0 Å². The van der Waals surface area contributed by atoms with Gasteiger partial charge in [0, 0.05) is 22.0 Å². The van der Waals surface area contributed by atoms with Gasteiger partial charge < -0.3 is 4.57 Å². The molecule has 5 aromatic rings. The average molecular weight is 479 g/mol. The fourth-order valence-electron chi connectivity index (χ4n) is 3.60. The Morgan fingerprint density at radius 1 is 0.704 bits per heavy atom. The van der Waals surface area contributed by atoms with Crippen molar-refractivity contribution in [2.75, 3.05) is 0 Å². The normalized spacial score (nSPS) is 11.3. The first-order chi connectivity index (χ1) is 13.2. The largest absolute Gasteiger partial charge is 0.309 e. The summed E-state index contributed by atoms with van der Waals surface area (Å²) in [5, 5.41) is 2.43. The quantitative estimate of drug-likeness (QED) is 0.207. The molecule has 0 radical (unpaired) electrons. The Kier molecular flexibility index (Phi) is 4.06. The molecule has 0 saturated carbocycles. The molecule has 2 aromatic heterocycles. The molecule has 0 fully saturated rings. The Labute approximate surface area is 173 Å². The Balaban J connectivity index is 1.97. The zero-order chi connectivity index (χ0) is 18.4. The van der Waals surface area contributed by atoms with Crippen molar-refractivity contribution < 1.29 is 0 Å². The van der Waals surface area contributed by atoms with Crippen LogP contribution in [0, 0.1) is 0 Å². The number of fused-ring (bicyclic) bond motifs is 3. The summed E-state index contributed by atoms with van der Waals surface area (Å²) < 4.78 is 3.62. The van der Waals surface area contributed by atoms with Gasteiger partial charge in [0.25, 0.3) is 0 Å². The number of hydrogen-bond donors (Lipinski definition) is 0. The van der Waals surface area contributed by atoms with Gasteiger partial charge in [0.15, 0.2) is 4.73 Å². The predicted molar refractivity (Wildman–Crippen MR) is 117 cm³/mol. The van der Waals surface area contributed by atoms with E-state index in [0.717, 1.165) is 27.1 Å². The Bertz CT molecular complexity index is 1270. The molecule has 0 amide bonds. The van der Waals surface area contributed by atoms with E-state index in [1.807, 2.05) is 12.1 Å². The predicted octanol–water partition coefficient (Wildman–Crippen LogP) is 6.77. The second-order valence-corrected chi connectivity index (χ2v) is 7.76. The molecule has 0 aliphatic carbocycles. The SMILES string of the molecule is Brc1cc(-c2cccc3c4ccccc4n(-c4ccccc4)c23)nc(Br)n1. The highest BCUT2D eigenvalue weighted by Crippen LogP contribution is 2.37. The van der Waals surface area contributed by atoms with Crippen LogP contribution in [0.25, 0.3) is 38.8 Å². The zero-order valence-corrected chi connectivity index (χ0v) is 17.3. The van der Waals surface area contributed by atoms with Gasteiger partial charge in [-0.15, -0.1) is 0 Å². The van der Waals surface area contributed by atoms with Gasteiger partial charge in [-0.05, 0) is 56.1 Å². The van der Waals surface area contributed by atoms with Crippen molar-refractivity contribution >= 4 is 53.7 Å². The average Bonchev–Trinajstić information content (AvgIpc) is 3.02. The first-order valence-corrected chi connectivity index (χ1v) is 10.1. The standard InChI is InChI=1S/C22H13Br2N3/c23-20-13-18(25-22(24)26-20)17-11-6-10-16-15-9-4-5-12-19(15)27(21(16)17)14-7-2-1-3-8-14/h1-13H. The highest BCUT2D eigenvalue weighted by atomic mass is 79.9. The van der Waals surface area contributed by atoms with E-state index in [2.05, 4.69) is 113 Å².